The van der Waals surface area contributed by atoms with Crippen LogP contribution in [0.5, 0.6) is 0 Å². The molecule has 1 fully saturated rings. The third kappa shape index (κ3) is 2.79. The zero-order valence-electron chi connectivity index (χ0n) is 10.7. The SMILES string of the molecule is COC(=O)C1CCN(S(=O)(=O)c2cccc(Cl)c2Cl)C1. The molecule has 2 rings (SSSR count). The Labute approximate surface area is 127 Å². The van der Waals surface area contributed by atoms with Crippen LogP contribution in [-0.4, -0.2) is 38.9 Å². The van der Waals surface area contributed by atoms with Crippen LogP contribution < -0.4 is 0 Å². The fourth-order valence-corrected chi connectivity index (χ4v) is 4.36. The molecular weight excluding hydrogens is 325 g/mol. The molecule has 110 valence electrons. The predicted molar refractivity (Wildman–Crippen MR) is 75.3 cm³/mol. The molecule has 1 aromatic rings. The number of rotatable bonds is 3. The molecule has 0 aliphatic carbocycles. The fraction of sp³-hybridized carbons (Fsp3) is 0.417. The topological polar surface area (TPSA) is 63.7 Å². The van der Waals surface area contributed by atoms with E-state index in [1.54, 1.807) is 0 Å². The quantitative estimate of drug-likeness (QED) is 0.793. The maximum atomic E-state index is 12.5. The summed E-state index contributed by atoms with van der Waals surface area (Å²) < 4.78 is 30.9. The molecule has 1 heterocycles. The van der Waals surface area contributed by atoms with E-state index in [0.29, 0.717) is 6.42 Å². The van der Waals surface area contributed by atoms with Gasteiger partial charge in [0.2, 0.25) is 10.0 Å². The van der Waals surface area contributed by atoms with Gasteiger partial charge in [0.25, 0.3) is 0 Å². The Bertz CT molecular complexity index is 632. The Morgan fingerprint density at radius 2 is 2.10 bits per heavy atom. The van der Waals surface area contributed by atoms with Crippen molar-refractivity contribution in [3.05, 3.63) is 28.2 Å². The summed E-state index contributed by atoms with van der Waals surface area (Å²) in [7, 11) is -2.47. The molecular formula is C12H13Cl2NO4S. The summed E-state index contributed by atoms with van der Waals surface area (Å²) in [5.41, 5.74) is 0. The minimum absolute atomic E-state index is 0.00400. The first-order valence-electron chi connectivity index (χ1n) is 5.90. The Balaban J connectivity index is 2.29. The van der Waals surface area contributed by atoms with Gasteiger partial charge < -0.3 is 4.74 Å². The summed E-state index contributed by atoms with van der Waals surface area (Å²) in [5.74, 6) is -0.840. The highest BCUT2D eigenvalue weighted by molar-refractivity contribution is 7.89. The van der Waals surface area contributed by atoms with Crippen LogP contribution in [0.4, 0.5) is 0 Å². The van der Waals surface area contributed by atoms with Crippen molar-refractivity contribution in [1.82, 2.24) is 4.31 Å². The molecule has 0 bridgehead atoms. The van der Waals surface area contributed by atoms with E-state index in [0.717, 1.165) is 0 Å². The van der Waals surface area contributed by atoms with Crippen LogP contribution in [0.25, 0.3) is 0 Å². The summed E-state index contributed by atoms with van der Waals surface area (Å²) >= 11 is 11.8. The van der Waals surface area contributed by atoms with Crippen LogP contribution in [0, 0.1) is 5.92 Å². The normalized spacial score (nSPS) is 20.1. The zero-order chi connectivity index (χ0) is 14.9. The lowest BCUT2D eigenvalue weighted by molar-refractivity contribution is -0.144. The predicted octanol–water partition coefficient (Wildman–Crippen LogP) is 2.18. The molecule has 0 N–H and O–H groups in total. The van der Waals surface area contributed by atoms with Gasteiger partial charge >= 0.3 is 5.97 Å². The van der Waals surface area contributed by atoms with Crippen LogP contribution >= 0.6 is 23.2 Å². The molecule has 0 saturated carbocycles. The van der Waals surface area contributed by atoms with E-state index in [1.807, 2.05) is 0 Å². The molecule has 1 aromatic carbocycles. The van der Waals surface area contributed by atoms with Crippen molar-refractivity contribution in [2.45, 2.75) is 11.3 Å². The number of methoxy groups -OCH3 is 1. The summed E-state index contributed by atoms with van der Waals surface area (Å²) in [6, 6.07) is 4.44. The van der Waals surface area contributed by atoms with E-state index in [4.69, 9.17) is 23.2 Å². The van der Waals surface area contributed by atoms with E-state index in [1.165, 1.54) is 29.6 Å². The second kappa shape index (κ2) is 5.89. The monoisotopic (exact) mass is 337 g/mol. The second-order valence-corrected chi connectivity index (χ2v) is 7.12. The second-order valence-electron chi connectivity index (χ2n) is 4.42. The number of ether oxygens (including phenoxy) is 1. The summed E-state index contributed by atoms with van der Waals surface area (Å²) in [6.07, 6.45) is 0.435. The molecule has 1 aliphatic heterocycles. The number of benzene rings is 1. The number of hydrogen-bond donors (Lipinski definition) is 0. The van der Waals surface area contributed by atoms with Crippen LogP contribution in [0.1, 0.15) is 6.42 Å². The minimum Gasteiger partial charge on any atom is -0.469 e. The van der Waals surface area contributed by atoms with Crippen molar-refractivity contribution in [2.75, 3.05) is 20.2 Å². The number of carbonyl (C=O) groups excluding carboxylic acids is 1. The lowest BCUT2D eigenvalue weighted by atomic mass is 10.1. The van der Waals surface area contributed by atoms with Gasteiger partial charge in [-0.1, -0.05) is 29.3 Å². The van der Waals surface area contributed by atoms with Gasteiger partial charge in [-0.05, 0) is 18.6 Å². The molecule has 0 spiro atoms. The standard InChI is InChI=1S/C12H13Cl2NO4S/c1-19-12(16)8-5-6-15(7-8)20(17,18)10-4-2-3-9(13)11(10)14/h2-4,8H,5-7H2,1H3. The summed E-state index contributed by atoms with van der Waals surface area (Å²) in [6.45, 7) is 0.350. The first kappa shape index (κ1) is 15.6. The van der Waals surface area contributed by atoms with Crippen LogP contribution in [0.15, 0.2) is 23.1 Å². The molecule has 0 amide bonds. The Morgan fingerprint density at radius 1 is 1.40 bits per heavy atom. The van der Waals surface area contributed by atoms with Gasteiger partial charge in [0, 0.05) is 13.1 Å². The molecule has 1 unspecified atom stereocenters. The van der Waals surface area contributed by atoms with Gasteiger partial charge in [-0.25, -0.2) is 8.42 Å². The molecule has 0 aromatic heterocycles. The smallest absolute Gasteiger partial charge is 0.310 e. The highest BCUT2D eigenvalue weighted by atomic mass is 35.5. The number of carbonyl (C=O) groups is 1. The first-order chi connectivity index (χ1) is 9.37. The van der Waals surface area contributed by atoms with Crippen molar-refractivity contribution in [1.29, 1.82) is 0 Å². The highest BCUT2D eigenvalue weighted by Crippen LogP contribution is 2.33. The molecule has 1 atom stereocenters. The molecule has 0 radical (unpaired) electrons. The van der Waals surface area contributed by atoms with Gasteiger partial charge in [0.05, 0.1) is 23.1 Å². The third-order valence-electron chi connectivity index (χ3n) is 3.22. The Morgan fingerprint density at radius 3 is 2.75 bits per heavy atom. The number of halogens is 2. The summed E-state index contributed by atoms with van der Waals surface area (Å²) in [5, 5.41) is 0.173. The number of nitrogens with zero attached hydrogens (tertiary/aromatic N) is 1. The Kier molecular flexibility index (Phi) is 4.59. The van der Waals surface area contributed by atoms with Crippen molar-refractivity contribution in [2.24, 2.45) is 5.92 Å². The Hall–Kier alpha value is -0.820. The fourth-order valence-electron chi connectivity index (χ4n) is 2.13. The van der Waals surface area contributed by atoms with Gasteiger partial charge in [-0.2, -0.15) is 4.31 Å². The van der Waals surface area contributed by atoms with Gasteiger partial charge in [0.15, 0.2) is 0 Å². The molecule has 20 heavy (non-hydrogen) atoms. The van der Waals surface area contributed by atoms with E-state index in [-0.39, 0.29) is 28.0 Å². The molecule has 8 heteroatoms. The number of esters is 1. The highest BCUT2D eigenvalue weighted by Gasteiger charge is 2.37. The minimum atomic E-state index is -3.76. The third-order valence-corrected chi connectivity index (χ3v) is 6.06. The molecule has 5 nitrogen and oxygen atoms in total. The number of sulfonamides is 1. The van der Waals surface area contributed by atoms with Gasteiger partial charge in [0.1, 0.15) is 4.90 Å². The molecule has 1 saturated heterocycles. The van der Waals surface area contributed by atoms with Crippen molar-refractivity contribution in [3.8, 4) is 0 Å². The van der Waals surface area contributed by atoms with E-state index in [9.17, 15) is 13.2 Å². The van der Waals surface area contributed by atoms with Crippen molar-refractivity contribution < 1.29 is 17.9 Å². The largest absolute Gasteiger partial charge is 0.469 e. The lowest BCUT2D eigenvalue weighted by Gasteiger charge is -2.17. The number of hydrogen-bond acceptors (Lipinski definition) is 4. The van der Waals surface area contributed by atoms with E-state index >= 15 is 0 Å². The first-order valence-corrected chi connectivity index (χ1v) is 8.09. The van der Waals surface area contributed by atoms with Crippen LogP contribution in [-0.2, 0) is 19.6 Å². The zero-order valence-corrected chi connectivity index (χ0v) is 13.0. The summed E-state index contributed by atoms with van der Waals surface area (Å²) in [4.78, 5) is 11.4. The van der Waals surface area contributed by atoms with E-state index in [2.05, 4.69) is 4.74 Å². The van der Waals surface area contributed by atoms with E-state index < -0.39 is 21.9 Å². The lowest BCUT2D eigenvalue weighted by Crippen LogP contribution is -2.30. The average molecular weight is 338 g/mol. The molecule has 1 aliphatic rings. The van der Waals surface area contributed by atoms with Gasteiger partial charge in [-0.3, -0.25) is 4.79 Å². The van der Waals surface area contributed by atoms with Crippen LogP contribution in [0.3, 0.4) is 0 Å². The maximum absolute atomic E-state index is 12.5. The average Bonchev–Trinajstić information content (AvgIpc) is 2.91. The maximum Gasteiger partial charge on any atom is 0.310 e. The van der Waals surface area contributed by atoms with Gasteiger partial charge in [-0.15, -0.1) is 0 Å². The van der Waals surface area contributed by atoms with Crippen molar-refractivity contribution >= 4 is 39.2 Å². The van der Waals surface area contributed by atoms with Crippen LogP contribution in [0.2, 0.25) is 10.0 Å². The van der Waals surface area contributed by atoms with Crippen molar-refractivity contribution in [3.63, 3.8) is 0 Å².